The van der Waals surface area contributed by atoms with Crippen molar-refractivity contribution < 1.29 is 4.42 Å². The molecule has 7 aromatic rings. The average Bonchev–Trinajstić information content (AvgIpc) is 3.81. The maximum absolute atomic E-state index is 6.13. The third-order valence-electron chi connectivity index (χ3n) is 9.64. The summed E-state index contributed by atoms with van der Waals surface area (Å²) < 4.78 is 6.13. The highest BCUT2D eigenvalue weighted by atomic mass is 16.3. The number of hydrogen-bond acceptors (Lipinski definition) is 5. The molecule has 2 aliphatic heterocycles. The molecule has 3 heterocycles. The number of nitrogens with one attached hydrogen (secondary N) is 2. The Hall–Kier alpha value is -5.78. The van der Waals surface area contributed by atoms with Gasteiger partial charge in [-0.3, -0.25) is 10.3 Å². The molecule has 1 aromatic heterocycles. The average molecular weight is 593 g/mol. The van der Waals surface area contributed by atoms with Crippen molar-refractivity contribution in [2.75, 3.05) is 0 Å². The van der Waals surface area contributed by atoms with Crippen molar-refractivity contribution in [2.24, 2.45) is 9.98 Å². The van der Waals surface area contributed by atoms with Crippen molar-refractivity contribution in [3.8, 4) is 33.4 Å². The van der Waals surface area contributed by atoms with E-state index in [0.29, 0.717) is 0 Å². The lowest BCUT2D eigenvalue weighted by Gasteiger charge is -2.33. The molecule has 218 valence electrons. The van der Waals surface area contributed by atoms with E-state index in [0.717, 1.165) is 39.3 Å². The van der Waals surface area contributed by atoms with Crippen LogP contribution in [0.25, 0.3) is 55.1 Å². The minimum Gasteiger partial charge on any atom is -0.455 e. The summed E-state index contributed by atoms with van der Waals surface area (Å²) in [5.74, 6) is 1.63. The van der Waals surface area contributed by atoms with E-state index in [-0.39, 0.29) is 18.4 Å². The molecular weight excluding hydrogens is 564 g/mol. The van der Waals surface area contributed by atoms with Crippen LogP contribution in [0.5, 0.6) is 0 Å². The number of rotatable bonds is 4. The molecule has 6 aromatic carbocycles. The van der Waals surface area contributed by atoms with Gasteiger partial charge < -0.3 is 9.73 Å². The molecule has 0 radical (unpaired) electrons. The predicted octanol–water partition coefficient (Wildman–Crippen LogP) is 9.36. The molecule has 46 heavy (non-hydrogen) atoms. The Balaban J connectivity index is 1.02. The number of nitrogens with zero attached hydrogens (tertiary/aromatic N) is 2. The lowest BCUT2D eigenvalue weighted by Crippen LogP contribution is -2.46. The number of fused-ring (bicyclic) bond motifs is 6. The summed E-state index contributed by atoms with van der Waals surface area (Å²) in [7, 11) is 0. The second-order valence-electron chi connectivity index (χ2n) is 12.2. The van der Waals surface area contributed by atoms with Gasteiger partial charge >= 0.3 is 0 Å². The Morgan fingerprint density at radius 3 is 2.11 bits per heavy atom. The van der Waals surface area contributed by atoms with Gasteiger partial charge in [0.1, 0.15) is 29.8 Å². The van der Waals surface area contributed by atoms with E-state index in [1.807, 2.05) is 30.5 Å². The van der Waals surface area contributed by atoms with Crippen LogP contribution in [0.2, 0.25) is 0 Å². The van der Waals surface area contributed by atoms with E-state index >= 15 is 0 Å². The lowest BCUT2D eigenvalue weighted by molar-refractivity contribution is 0.402. The predicted molar refractivity (Wildman–Crippen MR) is 186 cm³/mol. The maximum atomic E-state index is 6.13. The van der Waals surface area contributed by atoms with Crippen molar-refractivity contribution in [2.45, 2.75) is 18.4 Å². The second-order valence-corrected chi connectivity index (χ2v) is 12.2. The summed E-state index contributed by atoms with van der Waals surface area (Å²) in [4.78, 5) is 10.0. The first-order chi connectivity index (χ1) is 22.8. The first-order valence-electron chi connectivity index (χ1n) is 15.8. The zero-order chi connectivity index (χ0) is 30.2. The summed E-state index contributed by atoms with van der Waals surface area (Å²) in [5, 5.41) is 11.2. The molecule has 0 amide bonds. The van der Waals surface area contributed by atoms with E-state index in [1.165, 1.54) is 44.2 Å². The monoisotopic (exact) mass is 592 g/mol. The summed E-state index contributed by atoms with van der Waals surface area (Å²) in [6.07, 6.45) is 1.45. The number of para-hydroxylation sites is 1. The molecule has 2 N–H and O–H groups in total. The number of aliphatic imine (C=N–C) groups is 2. The minimum atomic E-state index is -0.258. The Labute approximate surface area is 266 Å². The lowest BCUT2D eigenvalue weighted by atomic mass is 9.93. The van der Waals surface area contributed by atoms with Crippen molar-refractivity contribution in [1.82, 2.24) is 10.6 Å². The number of amidine groups is 1. The second kappa shape index (κ2) is 9.86. The zero-order valence-corrected chi connectivity index (χ0v) is 24.8. The standard InChI is InChI=1S/C41H28N4O/c1-2-9-25(10-3-1)39-43-40(45-41(44-39)38-37-33-13-6-7-16-34(33)46-35(37)23-42-38)26-19-17-24(18-20-26)27-21-22-32-29-12-5-4-11-28(29)31-15-8-14-30(27)36(31)32/h1-23,38-40,43H,(H,44,45). The van der Waals surface area contributed by atoms with Gasteiger partial charge in [0.2, 0.25) is 0 Å². The third kappa shape index (κ3) is 3.79. The molecule has 0 bridgehead atoms. The van der Waals surface area contributed by atoms with Gasteiger partial charge in [0.25, 0.3) is 0 Å². The van der Waals surface area contributed by atoms with E-state index in [1.54, 1.807) is 0 Å². The van der Waals surface area contributed by atoms with Crippen molar-refractivity contribution in [3.63, 3.8) is 0 Å². The van der Waals surface area contributed by atoms with E-state index in [4.69, 9.17) is 14.4 Å². The number of hydrogen-bond donors (Lipinski definition) is 2. The van der Waals surface area contributed by atoms with Crippen LogP contribution in [-0.2, 0) is 0 Å². The summed E-state index contributed by atoms with van der Waals surface area (Å²) in [5.41, 5.74) is 11.9. The van der Waals surface area contributed by atoms with Gasteiger partial charge in [0.15, 0.2) is 5.76 Å². The van der Waals surface area contributed by atoms with E-state index < -0.39 is 0 Å². The van der Waals surface area contributed by atoms with Gasteiger partial charge in [-0.15, -0.1) is 0 Å². The molecule has 5 heteroatoms. The minimum absolute atomic E-state index is 0.161. The molecule has 0 spiro atoms. The topological polar surface area (TPSA) is 61.9 Å². The maximum Gasteiger partial charge on any atom is 0.151 e. The van der Waals surface area contributed by atoms with Crippen LogP contribution in [-0.4, -0.2) is 12.1 Å². The Kier molecular flexibility index (Phi) is 5.47. The van der Waals surface area contributed by atoms with Crippen LogP contribution in [0.15, 0.2) is 148 Å². The fourth-order valence-corrected chi connectivity index (χ4v) is 7.50. The van der Waals surface area contributed by atoms with Gasteiger partial charge in [-0.2, -0.15) is 0 Å². The van der Waals surface area contributed by atoms with Gasteiger partial charge in [-0.25, -0.2) is 4.99 Å². The number of furan rings is 1. The van der Waals surface area contributed by atoms with E-state index in [2.05, 4.69) is 120 Å². The Morgan fingerprint density at radius 2 is 1.26 bits per heavy atom. The molecule has 0 fully saturated rings. The van der Waals surface area contributed by atoms with Gasteiger partial charge in [0.05, 0.1) is 6.21 Å². The molecule has 0 saturated heterocycles. The molecule has 3 aliphatic rings. The fraction of sp³-hybridized carbons (Fsp3) is 0.0732. The van der Waals surface area contributed by atoms with Crippen LogP contribution in [0, 0.1) is 0 Å². The molecule has 0 saturated carbocycles. The molecule has 3 unspecified atom stereocenters. The van der Waals surface area contributed by atoms with Crippen LogP contribution in [0.4, 0.5) is 0 Å². The van der Waals surface area contributed by atoms with Crippen LogP contribution in [0.1, 0.15) is 40.8 Å². The Morgan fingerprint density at radius 1 is 0.565 bits per heavy atom. The zero-order valence-electron chi connectivity index (χ0n) is 24.8. The van der Waals surface area contributed by atoms with Gasteiger partial charge in [0, 0.05) is 10.9 Å². The van der Waals surface area contributed by atoms with Gasteiger partial charge in [-0.05, 0) is 61.3 Å². The first kappa shape index (κ1) is 25.5. The fourth-order valence-electron chi connectivity index (χ4n) is 7.50. The summed E-state index contributed by atoms with van der Waals surface area (Å²) in [6, 6.07) is 47.2. The molecule has 3 atom stereocenters. The smallest absolute Gasteiger partial charge is 0.151 e. The third-order valence-corrected chi connectivity index (χ3v) is 9.64. The van der Waals surface area contributed by atoms with Crippen molar-refractivity contribution >= 4 is 33.8 Å². The molecular formula is C41H28N4O. The number of benzene rings is 6. The highest BCUT2D eigenvalue weighted by Crippen LogP contribution is 2.49. The molecule has 5 nitrogen and oxygen atoms in total. The highest BCUT2D eigenvalue weighted by Gasteiger charge is 2.35. The Bertz CT molecular complexity index is 2360. The van der Waals surface area contributed by atoms with Crippen LogP contribution < -0.4 is 10.6 Å². The van der Waals surface area contributed by atoms with E-state index in [9.17, 15) is 0 Å². The first-order valence-corrected chi connectivity index (χ1v) is 15.8. The highest BCUT2D eigenvalue weighted by molar-refractivity contribution is 6.18. The molecule has 1 aliphatic carbocycles. The largest absolute Gasteiger partial charge is 0.455 e. The summed E-state index contributed by atoms with van der Waals surface area (Å²) in [6.45, 7) is 0. The SMILES string of the molecule is C1=NC(C2=NC(c3ccccc3)NC(c3ccc(-c4ccc5c6c(cccc46)-c4ccccc4-5)cc3)N2)c2c1oc1ccccc21. The normalized spacial score (nSPS) is 19.2. The molecule has 10 rings (SSSR count). The van der Waals surface area contributed by atoms with Crippen LogP contribution in [0.3, 0.4) is 0 Å². The van der Waals surface area contributed by atoms with Crippen molar-refractivity contribution in [1.29, 1.82) is 0 Å². The quantitative estimate of drug-likeness (QED) is 0.214. The van der Waals surface area contributed by atoms with Crippen molar-refractivity contribution in [3.05, 3.63) is 156 Å². The summed E-state index contributed by atoms with van der Waals surface area (Å²) >= 11 is 0. The van der Waals surface area contributed by atoms with Crippen LogP contribution >= 0.6 is 0 Å². The van der Waals surface area contributed by atoms with Gasteiger partial charge in [-0.1, -0.05) is 127 Å².